The molecule has 0 spiro atoms. The number of nitrogens with one attached hydrogen (secondary N) is 1. The number of imidazole rings is 1. The Morgan fingerprint density at radius 2 is 1.89 bits per heavy atom. The molecule has 1 amide bonds. The first-order chi connectivity index (χ1) is 13.7. The lowest BCUT2D eigenvalue weighted by Crippen LogP contribution is -2.36. The molecule has 1 saturated heterocycles. The number of rotatable bonds is 3. The predicted octanol–water partition coefficient (Wildman–Crippen LogP) is 2.36. The van der Waals surface area contributed by atoms with E-state index in [9.17, 15) is 9.90 Å². The Labute approximate surface area is 163 Å². The van der Waals surface area contributed by atoms with E-state index in [0.29, 0.717) is 42.7 Å². The SMILES string of the molecule is O=C(c1[nH]cnc1-c1ccccc1)N1C[C@H]2C[C@@H](n3cccn3)[C@H](O)C[C@H]2C1. The van der Waals surface area contributed by atoms with Gasteiger partial charge in [-0.25, -0.2) is 4.98 Å². The van der Waals surface area contributed by atoms with Crippen LogP contribution in [0.3, 0.4) is 0 Å². The van der Waals surface area contributed by atoms with Crippen LogP contribution in [0.4, 0.5) is 0 Å². The van der Waals surface area contributed by atoms with E-state index in [1.54, 1.807) is 12.5 Å². The molecule has 2 aromatic heterocycles. The van der Waals surface area contributed by atoms with E-state index in [0.717, 1.165) is 12.0 Å². The zero-order chi connectivity index (χ0) is 19.1. The van der Waals surface area contributed by atoms with Crippen LogP contribution in [-0.2, 0) is 0 Å². The molecule has 0 bridgehead atoms. The van der Waals surface area contributed by atoms with Gasteiger partial charge in [0.15, 0.2) is 0 Å². The number of aliphatic hydroxyl groups is 1. The Morgan fingerprint density at radius 1 is 1.11 bits per heavy atom. The molecule has 5 rings (SSSR count). The summed E-state index contributed by atoms with van der Waals surface area (Å²) in [5.41, 5.74) is 2.15. The molecule has 7 nitrogen and oxygen atoms in total. The lowest BCUT2D eigenvalue weighted by atomic mass is 9.77. The first-order valence-corrected chi connectivity index (χ1v) is 9.76. The fourth-order valence-corrected chi connectivity index (χ4v) is 4.76. The first kappa shape index (κ1) is 17.2. The molecular formula is C21H23N5O2. The first-order valence-electron chi connectivity index (χ1n) is 9.76. The fraction of sp³-hybridized carbons (Fsp3) is 0.381. The number of carbonyl (C=O) groups excluding carboxylic acids is 1. The number of amides is 1. The van der Waals surface area contributed by atoms with Gasteiger partial charge in [0.05, 0.1) is 18.5 Å². The van der Waals surface area contributed by atoms with Gasteiger partial charge in [-0.1, -0.05) is 30.3 Å². The average Bonchev–Trinajstić information content (AvgIpc) is 3.46. The Bertz CT molecular complexity index is 952. The smallest absolute Gasteiger partial charge is 0.272 e. The summed E-state index contributed by atoms with van der Waals surface area (Å²) in [6.07, 6.45) is 6.34. The fourth-order valence-electron chi connectivity index (χ4n) is 4.76. The number of aliphatic hydroxyl groups excluding tert-OH is 1. The van der Waals surface area contributed by atoms with Crippen molar-refractivity contribution in [3.8, 4) is 11.3 Å². The van der Waals surface area contributed by atoms with Crippen molar-refractivity contribution in [1.82, 2.24) is 24.6 Å². The van der Waals surface area contributed by atoms with Crippen molar-refractivity contribution >= 4 is 5.91 Å². The Kier molecular flexibility index (Phi) is 4.24. The summed E-state index contributed by atoms with van der Waals surface area (Å²) < 4.78 is 1.85. The Morgan fingerprint density at radius 3 is 2.64 bits per heavy atom. The van der Waals surface area contributed by atoms with Gasteiger partial charge in [-0.3, -0.25) is 9.48 Å². The molecule has 7 heteroatoms. The zero-order valence-corrected chi connectivity index (χ0v) is 15.5. The van der Waals surface area contributed by atoms with Crippen molar-refractivity contribution in [2.24, 2.45) is 11.8 Å². The normalized spacial score (nSPS) is 27.0. The molecule has 0 radical (unpaired) electrons. The summed E-state index contributed by atoms with van der Waals surface area (Å²) in [6, 6.07) is 11.6. The van der Waals surface area contributed by atoms with Gasteiger partial charge in [-0.2, -0.15) is 5.10 Å². The van der Waals surface area contributed by atoms with E-state index in [1.807, 2.05) is 52.2 Å². The maximum atomic E-state index is 13.2. The van der Waals surface area contributed by atoms with Crippen molar-refractivity contribution in [1.29, 1.82) is 0 Å². The quantitative estimate of drug-likeness (QED) is 0.734. The van der Waals surface area contributed by atoms with Crippen LogP contribution < -0.4 is 0 Å². The van der Waals surface area contributed by atoms with E-state index >= 15 is 0 Å². The summed E-state index contributed by atoms with van der Waals surface area (Å²) >= 11 is 0. The van der Waals surface area contributed by atoms with Gasteiger partial charge in [-0.05, 0) is 30.7 Å². The molecule has 144 valence electrons. The van der Waals surface area contributed by atoms with Gasteiger partial charge in [0.2, 0.25) is 0 Å². The number of H-pyrrole nitrogens is 1. The van der Waals surface area contributed by atoms with Crippen LogP contribution in [0.2, 0.25) is 0 Å². The molecule has 2 fully saturated rings. The largest absolute Gasteiger partial charge is 0.391 e. The van der Waals surface area contributed by atoms with Gasteiger partial charge < -0.3 is 15.0 Å². The van der Waals surface area contributed by atoms with Crippen LogP contribution in [0.15, 0.2) is 55.1 Å². The molecule has 3 heterocycles. The third-order valence-electron chi connectivity index (χ3n) is 6.16. The third kappa shape index (κ3) is 2.92. The van der Waals surface area contributed by atoms with Crippen LogP contribution in [0.5, 0.6) is 0 Å². The summed E-state index contributed by atoms with van der Waals surface area (Å²) in [7, 11) is 0. The highest BCUT2D eigenvalue weighted by Crippen LogP contribution is 2.41. The number of carbonyl (C=O) groups is 1. The lowest BCUT2D eigenvalue weighted by Gasteiger charge is -2.35. The van der Waals surface area contributed by atoms with Gasteiger partial charge in [0, 0.05) is 31.0 Å². The van der Waals surface area contributed by atoms with Gasteiger partial charge in [0.1, 0.15) is 11.4 Å². The van der Waals surface area contributed by atoms with E-state index in [2.05, 4.69) is 15.1 Å². The van der Waals surface area contributed by atoms with Crippen molar-refractivity contribution in [2.45, 2.75) is 25.0 Å². The molecule has 28 heavy (non-hydrogen) atoms. The number of hydrogen-bond donors (Lipinski definition) is 2. The highest BCUT2D eigenvalue weighted by atomic mass is 16.3. The average molecular weight is 377 g/mol. The van der Waals surface area contributed by atoms with E-state index < -0.39 is 6.10 Å². The minimum Gasteiger partial charge on any atom is -0.391 e. The number of aromatic amines is 1. The molecule has 2 N–H and O–H groups in total. The number of likely N-dealkylation sites (tertiary alicyclic amines) is 1. The van der Waals surface area contributed by atoms with Crippen molar-refractivity contribution in [3.05, 3.63) is 60.8 Å². The molecule has 4 atom stereocenters. The van der Waals surface area contributed by atoms with Crippen LogP contribution in [0, 0.1) is 11.8 Å². The number of benzene rings is 1. The summed E-state index contributed by atoms with van der Waals surface area (Å²) in [6.45, 7) is 1.39. The minimum atomic E-state index is -0.428. The molecule has 1 saturated carbocycles. The van der Waals surface area contributed by atoms with Gasteiger partial charge in [0.25, 0.3) is 5.91 Å². The minimum absolute atomic E-state index is 0.0154. The maximum absolute atomic E-state index is 13.2. The number of aromatic nitrogens is 4. The molecule has 0 unspecified atom stereocenters. The molecule has 1 aliphatic heterocycles. The van der Waals surface area contributed by atoms with E-state index in [-0.39, 0.29) is 11.9 Å². The van der Waals surface area contributed by atoms with Crippen molar-refractivity contribution in [2.75, 3.05) is 13.1 Å². The second-order valence-electron chi connectivity index (χ2n) is 7.81. The standard InChI is InChI=1S/C21H23N5O2/c27-18-10-16-12-25(11-15(16)9-17(18)26-8-4-7-24-26)21(28)20-19(22-13-23-20)14-5-2-1-3-6-14/h1-8,13,15-18,27H,9-12H2,(H,22,23)/t15-,16+,17-,18-/m1/s1. The monoisotopic (exact) mass is 377 g/mol. The highest BCUT2D eigenvalue weighted by Gasteiger charge is 2.44. The third-order valence-corrected chi connectivity index (χ3v) is 6.16. The summed E-state index contributed by atoms with van der Waals surface area (Å²) in [4.78, 5) is 22.5. The van der Waals surface area contributed by atoms with Crippen LogP contribution in [0.25, 0.3) is 11.3 Å². The Hall–Kier alpha value is -2.93. The van der Waals surface area contributed by atoms with E-state index in [1.165, 1.54) is 0 Å². The predicted molar refractivity (Wildman–Crippen MR) is 103 cm³/mol. The second kappa shape index (κ2) is 6.91. The zero-order valence-electron chi connectivity index (χ0n) is 15.5. The van der Waals surface area contributed by atoms with Crippen LogP contribution in [-0.4, -0.2) is 54.9 Å². The topological polar surface area (TPSA) is 87.0 Å². The molecule has 2 aliphatic rings. The second-order valence-corrected chi connectivity index (χ2v) is 7.81. The molecule has 1 aliphatic carbocycles. The van der Waals surface area contributed by atoms with Crippen molar-refractivity contribution < 1.29 is 9.90 Å². The molecular weight excluding hydrogens is 354 g/mol. The summed E-state index contributed by atoms with van der Waals surface area (Å²) in [5.74, 6) is 0.689. The highest BCUT2D eigenvalue weighted by molar-refractivity contribution is 5.98. The Balaban J connectivity index is 1.34. The molecule has 3 aromatic rings. The molecule has 1 aromatic carbocycles. The van der Waals surface area contributed by atoms with Crippen LogP contribution >= 0.6 is 0 Å². The number of fused-ring (bicyclic) bond motifs is 1. The summed E-state index contributed by atoms with van der Waals surface area (Å²) in [5, 5.41) is 14.9. The number of nitrogens with zero attached hydrogens (tertiary/aromatic N) is 4. The lowest BCUT2D eigenvalue weighted by molar-refractivity contribution is 0.0306. The van der Waals surface area contributed by atoms with Crippen molar-refractivity contribution in [3.63, 3.8) is 0 Å². The van der Waals surface area contributed by atoms with Gasteiger partial charge >= 0.3 is 0 Å². The van der Waals surface area contributed by atoms with Gasteiger partial charge in [-0.15, -0.1) is 0 Å². The number of hydrogen-bond acceptors (Lipinski definition) is 4. The van der Waals surface area contributed by atoms with E-state index in [4.69, 9.17) is 0 Å². The van der Waals surface area contributed by atoms with Crippen LogP contribution in [0.1, 0.15) is 29.4 Å². The maximum Gasteiger partial charge on any atom is 0.272 e.